The van der Waals surface area contributed by atoms with Gasteiger partial charge in [0.25, 0.3) is 0 Å². The molecule has 0 atom stereocenters. The monoisotopic (exact) mass is 464 g/mol. The minimum atomic E-state index is -0.0233. The molecular formula is C18H33IN4O2. The maximum atomic E-state index is 5.86. The summed E-state index contributed by atoms with van der Waals surface area (Å²) in [6, 6.07) is 0. The summed E-state index contributed by atoms with van der Waals surface area (Å²) in [5.41, 5.74) is -0.0233. The summed E-state index contributed by atoms with van der Waals surface area (Å²) in [4.78, 5) is 8.53. The van der Waals surface area contributed by atoms with Crippen LogP contribution >= 0.6 is 24.0 Å². The molecule has 0 aliphatic heterocycles. The van der Waals surface area contributed by atoms with Gasteiger partial charge in [0.2, 0.25) is 5.89 Å². The Morgan fingerprint density at radius 1 is 1.32 bits per heavy atom. The van der Waals surface area contributed by atoms with E-state index in [1.807, 2.05) is 0 Å². The van der Waals surface area contributed by atoms with Gasteiger partial charge < -0.3 is 19.8 Å². The normalized spacial score (nSPS) is 15.9. The zero-order valence-electron chi connectivity index (χ0n) is 15.9. The van der Waals surface area contributed by atoms with Crippen molar-refractivity contribution >= 4 is 29.9 Å². The molecule has 7 heteroatoms. The number of aliphatic imine (C=N–C) groups is 1. The Morgan fingerprint density at radius 2 is 2.04 bits per heavy atom. The van der Waals surface area contributed by atoms with Crippen molar-refractivity contribution < 1.29 is 9.15 Å². The number of hydrogen-bond acceptors (Lipinski definition) is 4. The van der Waals surface area contributed by atoms with Crippen molar-refractivity contribution in [3.8, 4) is 0 Å². The molecule has 1 aliphatic rings. The fourth-order valence-electron chi connectivity index (χ4n) is 2.70. The molecular weight excluding hydrogens is 431 g/mol. The lowest BCUT2D eigenvalue weighted by molar-refractivity contribution is 0.0574. The van der Waals surface area contributed by atoms with E-state index in [1.165, 1.54) is 25.7 Å². The molecule has 144 valence electrons. The van der Waals surface area contributed by atoms with E-state index in [0.29, 0.717) is 18.5 Å². The fourth-order valence-corrected chi connectivity index (χ4v) is 2.70. The Labute approximate surface area is 168 Å². The van der Waals surface area contributed by atoms with Crippen LogP contribution in [-0.2, 0) is 16.7 Å². The molecule has 1 aliphatic carbocycles. The molecule has 1 fully saturated rings. The van der Waals surface area contributed by atoms with Gasteiger partial charge in [0.1, 0.15) is 5.76 Å². The molecule has 0 aromatic carbocycles. The molecule has 0 saturated heterocycles. The van der Waals surface area contributed by atoms with Gasteiger partial charge in [0.05, 0.1) is 18.8 Å². The summed E-state index contributed by atoms with van der Waals surface area (Å²) in [6.45, 7) is 8.50. The predicted molar refractivity (Wildman–Crippen MR) is 112 cm³/mol. The Hall–Kier alpha value is -0.830. The van der Waals surface area contributed by atoms with Crippen molar-refractivity contribution in [2.75, 3.05) is 20.2 Å². The first kappa shape index (κ1) is 22.2. The average Bonchev–Trinajstić information content (AvgIpc) is 3.20. The number of guanidine groups is 1. The van der Waals surface area contributed by atoms with Gasteiger partial charge in [0, 0.05) is 25.6 Å². The first-order valence-electron chi connectivity index (χ1n) is 9.00. The van der Waals surface area contributed by atoms with E-state index in [0.717, 1.165) is 31.3 Å². The highest BCUT2D eigenvalue weighted by Crippen LogP contribution is 2.22. The molecule has 25 heavy (non-hydrogen) atoms. The Morgan fingerprint density at radius 3 is 2.64 bits per heavy atom. The highest BCUT2D eigenvalue weighted by Gasteiger charge is 2.19. The highest BCUT2D eigenvalue weighted by atomic mass is 127. The number of rotatable bonds is 7. The third kappa shape index (κ3) is 7.94. The van der Waals surface area contributed by atoms with Gasteiger partial charge in [0.15, 0.2) is 5.96 Å². The molecule has 1 aromatic rings. The van der Waals surface area contributed by atoms with Crippen molar-refractivity contribution in [2.24, 2.45) is 4.99 Å². The second-order valence-corrected chi connectivity index (χ2v) is 7.35. The van der Waals surface area contributed by atoms with Crippen molar-refractivity contribution in [3.63, 3.8) is 0 Å². The predicted octanol–water partition coefficient (Wildman–Crippen LogP) is 3.60. The van der Waals surface area contributed by atoms with Gasteiger partial charge in [-0.2, -0.15) is 0 Å². The number of halogens is 1. The standard InChI is InChI=1S/C18H32N4O2.HI/c1-18(2,3)15-12-21-16(24-15)13-22-17(19-4)20-10-7-11-23-14-8-5-6-9-14;/h12,14H,5-11,13H2,1-4H3,(H2,19,20,22);1H. The lowest BCUT2D eigenvalue weighted by atomic mass is 9.94. The molecule has 0 unspecified atom stereocenters. The van der Waals surface area contributed by atoms with Crippen molar-refractivity contribution in [3.05, 3.63) is 17.8 Å². The van der Waals surface area contributed by atoms with Crippen molar-refractivity contribution in [1.82, 2.24) is 15.6 Å². The van der Waals surface area contributed by atoms with Crippen LogP contribution in [0.25, 0.3) is 0 Å². The van der Waals surface area contributed by atoms with Crippen LogP contribution in [0.15, 0.2) is 15.6 Å². The minimum absolute atomic E-state index is 0. The molecule has 1 heterocycles. The van der Waals surface area contributed by atoms with Crippen LogP contribution in [0.1, 0.15) is 64.5 Å². The summed E-state index contributed by atoms with van der Waals surface area (Å²) < 4.78 is 11.6. The summed E-state index contributed by atoms with van der Waals surface area (Å²) in [6.07, 6.45) is 8.35. The number of oxazole rings is 1. The topological polar surface area (TPSA) is 71.7 Å². The van der Waals surface area contributed by atoms with E-state index in [4.69, 9.17) is 9.15 Å². The van der Waals surface area contributed by atoms with E-state index in [-0.39, 0.29) is 29.4 Å². The van der Waals surface area contributed by atoms with E-state index < -0.39 is 0 Å². The molecule has 0 bridgehead atoms. The average molecular weight is 464 g/mol. The van der Waals surface area contributed by atoms with Gasteiger partial charge in [-0.15, -0.1) is 24.0 Å². The maximum absolute atomic E-state index is 5.86. The molecule has 6 nitrogen and oxygen atoms in total. The third-order valence-electron chi connectivity index (χ3n) is 4.19. The zero-order chi connectivity index (χ0) is 17.4. The van der Waals surface area contributed by atoms with Crippen LogP contribution in [0.2, 0.25) is 0 Å². The van der Waals surface area contributed by atoms with Gasteiger partial charge in [-0.3, -0.25) is 4.99 Å². The van der Waals surface area contributed by atoms with Crippen LogP contribution in [-0.4, -0.2) is 37.2 Å². The largest absolute Gasteiger partial charge is 0.443 e. The van der Waals surface area contributed by atoms with Crippen molar-refractivity contribution in [2.45, 2.75) is 70.9 Å². The van der Waals surface area contributed by atoms with Crippen LogP contribution < -0.4 is 10.6 Å². The lowest BCUT2D eigenvalue weighted by Gasteiger charge is -2.14. The maximum Gasteiger partial charge on any atom is 0.213 e. The second-order valence-electron chi connectivity index (χ2n) is 7.35. The van der Waals surface area contributed by atoms with Gasteiger partial charge >= 0.3 is 0 Å². The number of nitrogens with zero attached hydrogens (tertiary/aromatic N) is 2. The van der Waals surface area contributed by atoms with Crippen LogP contribution in [0, 0.1) is 0 Å². The molecule has 1 saturated carbocycles. The number of aromatic nitrogens is 1. The summed E-state index contributed by atoms with van der Waals surface area (Å²) in [7, 11) is 1.76. The van der Waals surface area contributed by atoms with Crippen LogP contribution in [0.4, 0.5) is 0 Å². The SMILES string of the molecule is CN=C(NCCCOC1CCCC1)NCc1ncc(C(C)(C)C)o1.I. The first-order valence-corrected chi connectivity index (χ1v) is 9.00. The Bertz CT molecular complexity index is 519. The molecule has 2 rings (SSSR count). The number of hydrogen-bond donors (Lipinski definition) is 2. The van der Waals surface area contributed by atoms with E-state index in [2.05, 4.69) is 41.4 Å². The summed E-state index contributed by atoms with van der Waals surface area (Å²) >= 11 is 0. The third-order valence-corrected chi connectivity index (χ3v) is 4.19. The second kappa shape index (κ2) is 11.0. The van der Waals surface area contributed by atoms with Gasteiger partial charge in [-0.25, -0.2) is 4.98 Å². The lowest BCUT2D eigenvalue weighted by Crippen LogP contribution is -2.37. The van der Waals surface area contributed by atoms with E-state index >= 15 is 0 Å². The summed E-state index contributed by atoms with van der Waals surface area (Å²) in [5, 5.41) is 6.52. The number of nitrogens with one attached hydrogen (secondary N) is 2. The Balaban J connectivity index is 0.00000312. The molecule has 1 aromatic heterocycles. The zero-order valence-corrected chi connectivity index (χ0v) is 18.3. The fraction of sp³-hybridized carbons (Fsp3) is 0.778. The molecule has 2 N–H and O–H groups in total. The highest BCUT2D eigenvalue weighted by molar-refractivity contribution is 14.0. The quantitative estimate of drug-likeness (QED) is 0.279. The van der Waals surface area contributed by atoms with Gasteiger partial charge in [-0.1, -0.05) is 33.6 Å². The van der Waals surface area contributed by atoms with E-state index in [9.17, 15) is 0 Å². The smallest absolute Gasteiger partial charge is 0.213 e. The van der Waals surface area contributed by atoms with Crippen molar-refractivity contribution in [1.29, 1.82) is 0 Å². The Kier molecular flexibility index (Phi) is 9.78. The molecule has 0 amide bonds. The van der Waals surface area contributed by atoms with Crippen LogP contribution in [0.3, 0.4) is 0 Å². The summed E-state index contributed by atoms with van der Waals surface area (Å²) in [5.74, 6) is 2.32. The van der Waals surface area contributed by atoms with Gasteiger partial charge in [-0.05, 0) is 19.3 Å². The molecule has 0 spiro atoms. The minimum Gasteiger partial charge on any atom is -0.443 e. The molecule has 0 radical (unpaired) electrons. The van der Waals surface area contributed by atoms with Crippen LogP contribution in [0.5, 0.6) is 0 Å². The first-order chi connectivity index (χ1) is 11.5. The van der Waals surface area contributed by atoms with E-state index in [1.54, 1.807) is 13.2 Å². The number of ether oxygens (including phenoxy) is 1.